The van der Waals surface area contributed by atoms with Gasteiger partial charge in [0.15, 0.2) is 0 Å². The van der Waals surface area contributed by atoms with Crippen molar-refractivity contribution in [1.82, 2.24) is 15.3 Å². The third-order valence-corrected chi connectivity index (χ3v) is 5.36. The number of rotatable bonds is 6. The van der Waals surface area contributed by atoms with Gasteiger partial charge in [-0.05, 0) is 54.1 Å². The van der Waals surface area contributed by atoms with Gasteiger partial charge in [-0.15, -0.1) is 0 Å². The predicted octanol–water partition coefficient (Wildman–Crippen LogP) is 4.02. The van der Waals surface area contributed by atoms with Crippen LogP contribution < -0.4 is 10.7 Å². The van der Waals surface area contributed by atoms with E-state index < -0.39 is 0 Å². The van der Waals surface area contributed by atoms with Crippen LogP contribution in [0.3, 0.4) is 0 Å². The lowest BCUT2D eigenvalue weighted by Crippen LogP contribution is -2.31. The van der Waals surface area contributed by atoms with Gasteiger partial charge in [-0.2, -0.15) is 5.10 Å². The van der Waals surface area contributed by atoms with E-state index in [-0.39, 0.29) is 5.91 Å². The third-order valence-electron chi connectivity index (χ3n) is 5.36. The minimum atomic E-state index is -0.0329. The first-order chi connectivity index (χ1) is 15.8. The summed E-state index contributed by atoms with van der Waals surface area (Å²) in [5.74, 6) is -0.0329. The molecule has 0 unspecified atom stereocenters. The van der Waals surface area contributed by atoms with E-state index in [4.69, 9.17) is 0 Å². The summed E-state index contributed by atoms with van der Waals surface area (Å²) >= 11 is 0. The highest BCUT2D eigenvalue weighted by molar-refractivity contribution is 6.02. The highest BCUT2D eigenvalue weighted by Crippen LogP contribution is 2.24. The largest absolute Gasteiger partial charge is 0.358 e. The van der Waals surface area contributed by atoms with E-state index in [1.54, 1.807) is 6.20 Å². The molecule has 0 fully saturated rings. The second-order valence-electron chi connectivity index (χ2n) is 7.57. The van der Waals surface area contributed by atoms with Gasteiger partial charge in [-0.1, -0.05) is 30.3 Å². The molecule has 0 bridgehead atoms. The van der Waals surface area contributed by atoms with Crippen LogP contribution in [0.5, 0.6) is 0 Å². The molecular weight excluding hydrogens is 398 g/mol. The summed E-state index contributed by atoms with van der Waals surface area (Å²) in [4.78, 5) is 20.1. The lowest BCUT2D eigenvalue weighted by Gasteiger charge is -2.11. The Morgan fingerprint density at radius 3 is 2.84 bits per heavy atom. The van der Waals surface area contributed by atoms with Crippen LogP contribution in [0.15, 0.2) is 78.0 Å². The minimum absolute atomic E-state index is 0.0329. The Kier molecular flexibility index (Phi) is 5.38. The number of pyridine rings is 1. The molecule has 1 amide bonds. The van der Waals surface area contributed by atoms with Crippen LogP contribution in [-0.2, 0) is 12.8 Å². The molecule has 0 radical (unpaired) electrons. The van der Waals surface area contributed by atoms with Crippen LogP contribution >= 0.6 is 0 Å². The van der Waals surface area contributed by atoms with Gasteiger partial charge in [0.1, 0.15) is 0 Å². The number of nitrogens with zero attached hydrogens (tertiary/aromatic N) is 2. The summed E-state index contributed by atoms with van der Waals surface area (Å²) in [5, 5.41) is 7.57. The van der Waals surface area contributed by atoms with Crippen molar-refractivity contribution in [2.24, 2.45) is 5.10 Å². The molecule has 0 saturated carbocycles. The van der Waals surface area contributed by atoms with Gasteiger partial charge in [0.25, 0.3) is 5.91 Å². The van der Waals surface area contributed by atoms with Gasteiger partial charge in [0.05, 0.1) is 22.7 Å². The maximum Gasteiger partial charge on any atom is 0.253 e. The zero-order chi connectivity index (χ0) is 21.8. The number of nitrogens with one attached hydrogen (secondary N) is 3. The van der Waals surface area contributed by atoms with Gasteiger partial charge in [0, 0.05) is 42.5 Å². The Hall–Kier alpha value is -4.37. The molecule has 2 aromatic carbocycles. The Morgan fingerprint density at radius 2 is 2.03 bits per heavy atom. The summed E-state index contributed by atoms with van der Waals surface area (Å²) in [5.41, 5.74) is 10.2. The van der Waals surface area contributed by atoms with Crippen LogP contribution in [0.1, 0.15) is 27.3 Å². The number of fused-ring (bicyclic) bond motifs is 1. The van der Waals surface area contributed by atoms with Gasteiger partial charge in [-0.3, -0.25) is 15.2 Å². The highest BCUT2D eigenvalue weighted by atomic mass is 16.1. The monoisotopic (exact) mass is 419 g/mol. The number of hydrogen-bond acceptors (Lipinski definition) is 4. The number of anilines is 1. The fourth-order valence-corrected chi connectivity index (χ4v) is 3.72. The average Bonchev–Trinajstić information content (AvgIpc) is 3.29. The third kappa shape index (κ3) is 4.23. The lowest BCUT2D eigenvalue weighted by molar-refractivity contribution is 0.0946. The van der Waals surface area contributed by atoms with Crippen molar-refractivity contribution in [3.05, 3.63) is 108 Å². The Bertz CT molecular complexity index is 1260. The SMILES string of the molecule is O=C1NCCc2[nH]c(-c3ccnc(/C(Cc4cc#ccc4)=N\Nc4ccccc4)c3)cc21. The van der Waals surface area contributed by atoms with E-state index in [0.717, 1.165) is 46.0 Å². The molecule has 156 valence electrons. The highest BCUT2D eigenvalue weighted by Gasteiger charge is 2.20. The van der Waals surface area contributed by atoms with E-state index >= 15 is 0 Å². The number of H-pyrrole nitrogens is 1. The van der Waals surface area contributed by atoms with Crippen molar-refractivity contribution in [3.8, 4) is 11.3 Å². The fourth-order valence-electron chi connectivity index (χ4n) is 3.72. The fraction of sp³-hybridized carbons (Fsp3) is 0.115. The number of carbonyl (C=O) groups is 1. The van der Waals surface area contributed by atoms with E-state index in [9.17, 15) is 4.79 Å². The zero-order valence-electron chi connectivity index (χ0n) is 17.4. The predicted molar refractivity (Wildman–Crippen MR) is 124 cm³/mol. The molecule has 32 heavy (non-hydrogen) atoms. The average molecular weight is 419 g/mol. The smallest absolute Gasteiger partial charge is 0.253 e. The lowest BCUT2D eigenvalue weighted by atomic mass is 10.0. The van der Waals surface area contributed by atoms with Crippen LogP contribution in [0.25, 0.3) is 11.3 Å². The van der Waals surface area contributed by atoms with Gasteiger partial charge in [-0.25, -0.2) is 0 Å². The second kappa shape index (κ2) is 8.78. The maximum atomic E-state index is 12.2. The Balaban J connectivity index is 1.49. The Morgan fingerprint density at radius 1 is 1.12 bits per heavy atom. The van der Waals surface area contributed by atoms with E-state index in [2.05, 4.69) is 37.9 Å². The summed E-state index contributed by atoms with van der Waals surface area (Å²) in [6.45, 7) is 0.654. The molecule has 3 N–H and O–H groups in total. The van der Waals surface area contributed by atoms with E-state index in [1.807, 2.05) is 66.7 Å². The molecule has 5 rings (SSSR count). The van der Waals surface area contributed by atoms with Gasteiger partial charge < -0.3 is 10.3 Å². The first-order valence-corrected chi connectivity index (χ1v) is 10.5. The van der Waals surface area contributed by atoms with Crippen LogP contribution in [0, 0.1) is 12.1 Å². The molecule has 0 spiro atoms. The van der Waals surface area contributed by atoms with Crippen molar-refractivity contribution in [1.29, 1.82) is 0 Å². The number of carbonyl (C=O) groups excluding carboxylic acids is 1. The summed E-state index contributed by atoms with van der Waals surface area (Å²) in [6, 6.07) is 27.3. The molecule has 6 nitrogen and oxygen atoms in total. The second-order valence-corrected chi connectivity index (χ2v) is 7.57. The van der Waals surface area contributed by atoms with Crippen molar-refractivity contribution in [3.63, 3.8) is 0 Å². The van der Waals surface area contributed by atoms with E-state index in [0.29, 0.717) is 18.5 Å². The molecule has 3 heterocycles. The molecule has 2 aromatic heterocycles. The summed E-state index contributed by atoms with van der Waals surface area (Å²) in [7, 11) is 0. The number of amides is 1. The number of hydrazone groups is 1. The zero-order valence-corrected chi connectivity index (χ0v) is 17.4. The Labute approximate surface area is 186 Å². The molecule has 4 aromatic rings. The number of aromatic nitrogens is 2. The van der Waals surface area contributed by atoms with Crippen molar-refractivity contribution >= 4 is 17.3 Å². The summed E-state index contributed by atoms with van der Waals surface area (Å²) < 4.78 is 0. The van der Waals surface area contributed by atoms with Gasteiger partial charge >= 0.3 is 0 Å². The van der Waals surface area contributed by atoms with Crippen molar-refractivity contribution in [2.75, 3.05) is 12.0 Å². The minimum Gasteiger partial charge on any atom is -0.358 e. The number of hydrogen-bond donors (Lipinski definition) is 3. The van der Waals surface area contributed by atoms with Crippen LogP contribution in [0.4, 0.5) is 5.69 Å². The molecule has 6 heteroatoms. The van der Waals surface area contributed by atoms with Crippen molar-refractivity contribution < 1.29 is 4.79 Å². The number of para-hydroxylation sites is 1. The first kappa shape index (κ1) is 19.6. The topological polar surface area (TPSA) is 82.2 Å². The standard InChI is InChI=1S/C26H21N5O/c32-26-21-17-23(29-22(21)12-14-28-26)19-11-13-27-24(16-19)25(15-18-7-3-1-4-8-18)31-30-20-9-5-2-6-10-20/h2-3,5-11,13,16-17,29-30H,12,14-15H2,(H,28,32)/b31-25-. The van der Waals surface area contributed by atoms with Crippen LogP contribution in [0.2, 0.25) is 0 Å². The first-order valence-electron chi connectivity index (χ1n) is 10.5. The van der Waals surface area contributed by atoms with Crippen molar-refractivity contribution in [2.45, 2.75) is 12.8 Å². The van der Waals surface area contributed by atoms with E-state index in [1.165, 1.54) is 0 Å². The maximum absolute atomic E-state index is 12.2. The molecule has 0 aliphatic carbocycles. The summed E-state index contributed by atoms with van der Waals surface area (Å²) in [6.07, 6.45) is 3.16. The van der Waals surface area contributed by atoms with Crippen LogP contribution in [-0.4, -0.2) is 28.1 Å². The van der Waals surface area contributed by atoms with Gasteiger partial charge in [0.2, 0.25) is 0 Å². The molecule has 0 saturated heterocycles. The number of aromatic amines is 1. The quantitative estimate of drug-likeness (QED) is 0.326. The molecule has 1 aliphatic heterocycles. The normalized spacial score (nSPS) is 13.1. The molecule has 1 aliphatic rings. The number of benzene rings is 1. The molecule has 0 atom stereocenters. The molecular formula is C26H21N5O.